The van der Waals surface area contributed by atoms with E-state index in [0.717, 1.165) is 55.6 Å². The van der Waals surface area contributed by atoms with E-state index in [-0.39, 0.29) is 29.2 Å². The Balaban J connectivity index is 1.14. The van der Waals surface area contributed by atoms with Gasteiger partial charge in [0.1, 0.15) is 35.5 Å². The van der Waals surface area contributed by atoms with Crippen molar-refractivity contribution < 1.29 is 14.3 Å². The van der Waals surface area contributed by atoms with Crippen LogP contribution in [0.15, 0.2) is 78.8 Å². The molecule has 1 aliphatic heterocycles. The van der Waals surface area contributed by atoms with Crippen molar-refractivity contribution in [2.24, 2.45) is 5.41 Å². The van der Waals surface area contributed by atoms with E-state index in [1.807, 2.05) is 83.4 Å². The van der Waals surface area contributed by atoms with Gasteiger partial charge in [-0.15, -0.1) is 0 Å². The van der Waals surface area contributed by atoms with Crippen molar-refractivity contribution in [3.05, 3.63) is 95.4 Å². The van der Waals surface area contributed by atoms with Crippen LogP contribution in [0.5, 0.6) is 11.5 Å². The van der Waals surface area contributed by atoms with Crippen molar-refractivity contribution in [2.75, 3.05) is 39.1 Å². The second-order valence-electron chi connectivity index (χ2n) is 15.8. The fraction of sp³-hybridized carbons (Fsp3) is 0.463. The summed E-state index contributed by atoms with van der Waals surface area (Å²) in [5, 5.41) is 35.8. The van der Waals surface area contributed by atoms with Gasteiger partial charge in [-0.05, 0) is 94.4 Å². The van der Waals surface area contributed by atoms with E-state index in [2.05, 4.69) is 25.8 Å². The first-order chi connectivity index (χ1) is 25.3. The maximum absolute atomic E-state index is 13.6. The SMILES string of the molecule is CN(C)CCOc1cccc(N/C(=C\C(=N)C(C)(C)C)NC(=O)N[C@H]2CC[C@@H](Oc3ccc(=N)n(C(=N)N4CCCCC45CC5)c3)c3ccccc32)c1. The highest BCUT2D eigenvalue weighted by Gasteiger charge is 2.50. The highest BCUT2D eigenvalue weighted by Crippen LogP contribution is 2.48. The minimum absolute atomic E-state index is 0.0921. The van der Waals surface area contributed by atoms with Gasteiger partial charge in [0, 0.05) is 47.6 Å². The maximum atomic E-state index is 13.6. The fourth-order valence-corrected chi connectivity index (χ4v) is 7.08. The Bertz CT molecular complexity index is 1910. The van der Waals surface area contributed by atoms with Crippen LogP contribution in [-0.2, 0) is 0 Å². The molecule has 2 aliphatic carbocycles. The second-order valence-corrected chi connectivity index (χ2v) is 15.8. The number of aromatic nitrogens is 1. The number of nitrogens with one attached hydrogen (secondary N) is 6. The first-order valence-electron chi connectivity index (χ1n) is 18.7. The van der Waals surface area contributed by atoms with Gasteiger partial charge in [-0.1, -0.05) is 51.1 Å². The number of benzene rings is 2. The highest BCUT2D eigenvalue weighted by molar-refractivity contribution is 5.97. The standard InChI is InChI=1S/C41H55N9O3/c1-40(2,3)35(42)26-37(45-28-11-10-12-29(25-28)52-24-23-48(4)5)47-39(51)46-33-16-17-34(32-14-7-6-13-31(32)33)53-30-15-18-36(43)49(27-30)38(44)50-22-9-8-19-41(50)20-21-41/h6-7,10-15,18,25-27,33-34,42-45H,8-9,16-17,19-24H2,1-5H3,(H2,46,47,51)/b37-26+,42-35?,43-36?,44-38?/t33-,34+/m0/s1. The number of likely N-dealkylation sites (tertiary alicyclic amines) is 1. The van der Waals surface area contributed by atoms with E-state index in [1.165, 1.54) is 6.42 Å². The smallest absolute Gasteiger partial charge is 0.320 e. The van der Waals surface area contributed by atoms with Crippen LogP contribution in [0.1, 0.15) is 89.0 Å². The molecule has 1 spiro atoms. The van der Waals surface area contributed by atoms with Crippen LogP contribution in [0.3, 0.4) is 0 Å². The summed E-state index contributed by atoms with van der Waals surface area (Å²) in [4.78, 5) is 17.9. The molecule has 1 aromatic heterocycles. The van der Waals surface area contributed by atoms with E-state index in [0.29, 0.717) is 48.4 Å². The van der Waals surface area contributed by atoms with Crippen LogP contribution in [0.25, 0.3) is 0 Å². The van der Waals surface area contributed by atoms with Gasteiger partial charge in [-0.25, -0.2) is 4.79 Å². The van der Waals surface area contributed by atoms with Crippen LogP contribution in [-0.4, -0.2) is 71.4 Å². The Morgan fingerprint density at radius 1 is 0.981 bits per heavy atom. The summed E-state index contributed by atoms with van der Waals surface area (Å²) in [6, 6.07) is 18.4. The monoisotopic (exact) mass is 721 g/mol. The van der Waals surface area contributed by atoms with Gasteiger partial charge in [0.2, 0.25) is 5.96 Å². The van der Waals surface area contributed by atoms with E-state index >= 15 is 0 Å². The molecular weight excluding hydrogens is 667 g/mol. The summed E-state index contributed by atoms with van der Waals surface area (Å²) in [5.74, 6) is 2.04. The predicted molar refractivity (Wildman–Crippen MR) is 209 cm³/mol. The molecule has 3 aromatic rings. The van der Waals surface area contributed by atoms with Crippen LogP contribution >= 0.6 is 0 Å². The number of likely N-dealkylation sites (N-methyl/N-ethyl adjacent to an activating group) is 1. The van der Waals surface area contributed by atoms with Gasteiger partial charge in [-0.3, -0.25) is 20.7 Å². The van der Waals surface area contributed by atoms with Gasteiger partial charge in [0.05, 0.1) is 12.2 Å². The summed E-state index contributed by atoms with van der Waals surface area (Å²) in [7, 11) is 4.00. The Morgan fingerprint density at radius 3 is 2.49 bits per heavy atom. The number of urea groups is 1. The molecule has 2 aromatic carbocycles. The van der Waals surface area contributed by atoms with Gasteiger partial charge in [0.15, 0.2) is 0 Å². The quantitative estimate of drug-likeness (QED) is 0.0928. The fourth-order valence-electron chi connectivity index (χ4n) is 7.08. The van der Waals surface area contributed by atoms with E-state index in [4.69, 9.17) is 25.7 Å². The number of pyridine rings is 1. The molecule has 282 valence electrons. The number of amides is 2. The molecule has 0 bridgehead atoms. The Morgan fingerprint density at radius 2 is 1.75 bits per heavy atom. The number of fused-ring (bicyclic) bond motifs is 1. The van der Waals surface area contributed by atoms with Gasteiger partial charge in [-0.2, -0.15) is 0 Å². The third-order valence-electron chi connectivity index (χ3n) is 10.4. The number of piperidine rings is 1. The van der Waals surface area contributed by atoms with Crippen molar-refractivity contribution in [3.8, 4) is 11.5 Å². The molecule has 0 radical (unpaired) electrons. The highest BCUT2D eigenvalue weighted by atomic mass is 16.5. The van der Waals surface area contributed by atoms with Crippen molar-refractivity contribution in [3.63, 3.8) is 0 Å². The van der Waals surface area contributed by atoms with Crippen molar-refractivity contribution in [1.29, 1.82) is 16.2 Å². The number of hydrogen-bond acceptors (Lipinski definition) is 8. The number of nitrogens with zero attached hydrogens (tertiary/aromatic N) is 3. The van der Waals surface area contributed by atoms with Crippen LogP contribution in [0.4, 0.5) is 10.5 Å². The van der Waals surface area contributed by atoms with Gasteiger partial charge in [0.25, 0.3) is 0 Å². The molecule has 6 N–H and O–H groups in total. The zero-order valence-electron chi connectivity index (χ0n) is 31.7. The number of carbonyl (C=O) groups excluding carboxylic acids is 1. The summed E-state index contributed by atoms with van der Waals surface area (Å²) >= 11 is 0. The molecule has 12 nitrogen and oxygen atoms in total. The third-order valence-corrected chi connectivity index (χ3v) is 10.4. The van der Waals surface area contributed by atoms with Gasteiger partial charge >= 0.3 is 6.03 Å². The Hall–Kier alpha value is -5.10. The van der Waals surface area contributed by atoms with E-state index in [1.54, 1.807) is 29.0 Å². The molecule has 2 heterocycles. The molecule has 2 amide bonds. The number of carbonyl (C=O) groups is 1. The molecule has 1 saturated carbocycles. The summed E-state index contributed by atoms with van der Waals surface area (Å²) < 4.78 is 14.1. The van der Waals surface area contributed by atoms with Crippen LogP contribution in [0, 0.1) is 21.6 Å². The maximum Gasteiger partial charge on any atom is 0.320 e. The predicted octanol–water partition coefficient (Wildman–Crippen LogP) is 6.98. The van der Waals surface area contributed by atoms with E-state index < -0.39 is 5.41 Å². The molecule has 1 saturated heterocycles. The first kappa shape index (κ1) is 37.7. The molecule has 53 heavy (non-hydrogen) atoms. The van der Waals surface area contributed by atoms with Crippen LogP contribution in [0.2, 0.25) is 0 Å². The molecule has 0 unspecified atom stereocenters. The van der Waals surface area contributed by atoms with Crippen molar-refractivity contribution in [2.45, 2.75) is 83.4 Å². The summed E-state index contributed by atoms with van der Waals surface area (Å²) in [6.07, 6.45) is 10.1. The number of ether oxygens (including phenoxy) is 2. The van der Waals surface area contributed by atoms with Crippen LogP contribution < -0.4 is 30.9 Å². The van der Waals surface area contributed by atoms with Gasteiger partial charge < -0.3 is 35.3 Å². The Kier molecular flexibility index (Phi) is 11.3. The zero-order valence-corrected chi connectivity index (χ0v) is 31.7. The normalized spacial score (nSPS) is 19.3. The number of hydrogen-bond donors (Lipinski definition) is 6. The zero-order chi connectivity index (χ0) is 37.8. The minimum Gasteiger partial charge on any atom is -0.492 e. The largest absolute Gasteiger partial charge is 0.492 e. The topological polar surface area (TPSA) is 155 Å². The Labute approximate surface area is 313 Å². The lowest BCUT2D eigenvalue weighted by molar-refractivity contribution is 0.170. The number of anilines is 1. The molecule has 12 heteroatoms. The molecule has 2 atom stereocenters. The first-order valence-corrected chi connectivity index (χ1v) is 18.7. The average Bonchev–Trinajstić information content (AvgIpc) is 3.88. The molecular formula is C41H55N9O3. The summed E-state index contributed by atoms with van der Waals surface area (Å²) in [6.45, 7) is 8.06. The number of allylic oxidation sites excluding steroid dienone is 1. The summed E-state index contributed by atoms with van der Waals surface area (Å²) in [5.41, 5.74) is 2.97. The van der Waals surface area contributed by atoms with Crippen molar-refractivity contribution in [1.82, 2.24) is 25.0 Å². The molecule has 3 aliphatic rings. The second kappa shape index (κ2) is 15.9. The van der Waals surface area contributed by atoms with E-state index in [9.17, 15) is 4.79 Å². The third kappa shape index (κ3) is 9.29. The average molecular weight is 722 g/mol. The molecule has 2 fully saturated rings. The lowest BCUT2D eigenvalue weighted by Gasteiger charge is -2.38. The van der Waals surface area contributed by atoms with Crippen molar-refractivity contribution >= 4 is 23.4 Å². The minimum atomic E-state index is -0.424. The molecule has 6 rings (SSSR count). The number of rotatable bonds is 11. The lowest BCUT2D eigenvalue weighted by atomic mass is 9.85. The lowest BCUT2D eigenvalue weighted by Crippen LogP contribution is -2.50.